The Kier molecular flexibility index (Phi) is 5.78. The first-order valence-electron chi connectivity index (χ1n) is 7.42. The summed E-state index contributed by atoms with van der Waals surface area (Å²) in [4.78, 5) is 0. The van der Waals surface area contributed by atoms with Crippen LogP contribution < -0.4 is 0 Å². The third kappa shape index (κ3) is 4.24. The molecule has 0 atom stereocenters. The average Bonchev–Trinajstić information content (AvgIpc) is 2.62. The molecule has 2 heterocycles. The summed E-state index contributed by atoms with van der Waals surface area (Å²) in [5.74, 6) is 0. The van der Waals surface area contributed by atoms with Crippen LogP contribution in [-0.4, -0.2) is 20.4 Å². The van der Waals surface area contributed by atoms with Crippen LogP contribution in [0.2, 0.25) is 10.0 Å². The number of nitrogens with zero attached hydrogens (tertiary/aromatic N) is 4. The van der Waals surface area contributed by atoms with Crippen molar-refractivity contribution in [1.29, 1.82) is 0 Å². The molecule has 0 amide bonds. The van der Waals surface area contributed by atoms with Crippen molar-refractivity contribution >= 4 is 60.9 Å². The largest absolute Gasteiger partial charge is 0.157 e. The second kappa shape index (κ2) is 8.04. The Morgan fingerprint density at radius 3 is 2.00 bits per heavy atom. The van der Waals surface area contributed by atoms with E-state index in [1.807, 2.05) is 43.3 Å². The Hall–Kier alpha value is -1.82. The van der Waals surface area contributed by atoms with E-state index in [1.165, 1.54) is 11.1 Å². The molecule has 2 aromatic heterocycles. The van der Waals surface area contributed by atoms with Crippen LogP contribution in [0, 0.1) is 6.92 Å². The van der Waals surface area contributed by atoms with Gasteiger partial charge in [0, 0.05) is 16.1 Å². The average molecular weight is 436 g/mol. The highest BCUT2D eigenvalue weighted by Crippen LogP contribution is 2.22. The first-order chi connectivity index (χ1) is 12.1. The van der Waals surface area contributed by atoms with Gasteiger partial charge in [0.2, 0.25) is 0 Å². The van der Waals surface area contributed by atoms with Crippen molar-refractivity contribution in [3.63, 3.8) is 0 Å². The molecule has 4 nitrogen and oxygen atoms in total. The van der Waals surface area contributed by atoms with Gasteiger partial charge >= 0.3 is 0 Å². The number of aryl methyl sites for hydroxylation is 1. The van der Waals surface area contributed by atoms with E-state index < -0.39 is 0 Å². The van der Waals surface area contributed by atoms with Crippen LogP contribution >= 0.6 is 39.1 Å². The van der Waals surface area contributed by atoms with Gasteiger partial charge in [-0.1, -0.05) is 63.4 Å². The monoisotopic (exact) mass is 434 g/mol. The van der Waals surface area contributed by atoms with Crippen LogP contribution in [0.1, 0.15) is 11.1 Å². The lowest BCUT2D eigenvalue weighted by atomic mass is 10.2. The van der Waals surface area contributed by atoms with Gasteiger partial charge in [0.25, 0.3) is 0 Å². The van der Waals surface area contributed by atoms with Gasteiger partial charge in [-0.25, -0.2) is 0 Å². The predicted octanol–water partition coefficient (Wildman–Crippen LogP) is 5.77. The third-order valence-electron chi connectivity index (χ3n) is 3.56. The van der Waals surface area contributed by atoms with E-state index in [0.29, 0.717) is 10.0 Å². The number of alkyl halides is 1. The molecule has 2 aromatic carbocycles. The summed E-state index contributed by atoms with van der Waals surface area (Å²) in [5.41, 5.74) is 4.02. The first-order valence-corrected chi connectivity index (χ1v) is 9.29. The zero-order chi connectivity index (χ0) is 17.8. The highest BCUT2D eigenvalue weighted by Gasteiger charge is 2.01. The van der Waals surface area contributed by atoms with Crippen LogP contribution in [0.15, 0.2) is 48.8 Å². The smallest absolute Gasteiger partial charge is 0.0947 e. The molecule has 0 spiro atoms. The first kappa shape index (κ1) is 18.0. The normalized spacial score (nSPS) is 10.6. The van der Waals surface area contributed by atoms with Gasteiger partial charge in [-0.3, -0.25) is 0 Å². The highest BCUT2D eigenvalue weighted by molar-refractivity contribution is 9.08. The van der Waals surface area contributed by atoms with Crippen molar-refractivity contribution in [2.24, 2.45) is 0 Å². The zero-order valence-corrected chi connectivity index (χ0v) is 16.3. The van der Waals surface area contributed by atoms with E-state index >= 15 is 0 Å². The predicted molar refractivity (Wildman–Crippen MR) is 106 cm³/mol. The van der Waals surface area contributed by atoms with Crippen LogP contribution in [-0.2, 0) is 5.33 Å². The Bertz CT molecular complexity index is 1040. The molecule has 4 rings (SSSR count). The summed E-state index contributed by atoms with van der Waals surface area (Å²) in [7, 11) is 0. The molecule has 0 aliphatic heterocycles. The van der Waals surface area contributed by atoms with Gasteiger partial charge in [-0.05, 0) is 30.2 Å². The van der Waals surface area contributed by atoms with E-state index in [0.717, 1.165) is 27.1 Å². The minimum atomic E-state index is 0.645. The summed E-state index contributed by atoms with van der Waals surface area (Å²) in [5, 5.41) is 19.5. The van der Waals surface area contributed by atoms with Crippen molar-refractivity contribution in [1.82, 2.24) is 20.4 Å². The van der Waals surface area contributed by atoms with Crippen LogP contribution in [0.3, 0.4) is 0 Å². The van der Waals surface area contributed by atoms with Gasteiger partial charge in [0.05, 0.1) is 33.5 Å². The molecule has 0 fully saturated rings. The fourth-order valence-electron chi connectivity index (χ4n) is 2.29. The number of halogens is 3. The van der Waals surface area contributed by atoms with Gasteiger partial charge in [0.1, 0.15) is 0 Å². The van der Waals surface area contributed by atoms with Crippen molar-refractivity contribution in [2.45, 2.75) is 12.3 Å². The summed E-state index contributed by atoms with van der Waals surface area (Å²) in [6.07, 6.45) is 3.11. The molecule has 4 aromatic rings. The molecule has 0 saturated carbocycles. The van der Waals surface area contributed by atoms with Crippen molar-refractivity contribution in [2.75, 3.05) is 0 Å². The molecule has 0 bridgehead atoms. The lowest BCUT2D eigenvalue weighted by molar-refractivity contribution is 1.07. The SMILES string of the molecule is Cc1ccc2c(Cl)cnnc2c1.Clc1cnnc2cc(CBr)ccc12. The standard InChI is InChI=1S/C9H6BrClN2.C9H7ClN2/c10-4-6-1-2-7-8(11)5-12-13-9(7)3-6;1-6-2-3-7-8(10)5-11-12-9(7)4-6/h1-3,5H,4H2;2-5H,1H3. The molecular weight excluding hydrogens is 423 g/mol. The maximum Gasteiger partial charge on any atom is 0.0947 e. The number of hydrogen-bond donors (Lipinski definition) is 0. The maximum atomic E-state index is 5.94. The molecule has 0 aliphatic rings. The van der Waals surface area contributed by atoms with E-state index in [2.05, 4.69) is 36.3 Å². The van der Waals surface area contributed by atoms with Gasteiger partial charge in [-0.2, -0.15) is 20.4 Å². The Morgan fingerprint density at radius 2 is 1.40 bits per heavy atom. The number of aromatic nitrogens is 4. The molecular formula is C18H13BrCl2N4. The van der Waals surface area contributed by atoms with Crippen LogP contribution in [0.5, 0.6) is 0 Å². The lowest BCUT2D eigenvalue weighted by Gasteiger charge is -1.99. The number of fused-ring (bicyclic) bond motifs is 2. The van der Waals surface area contributed by atoms with Crippen molar-refractivity contribution < 1.29 is 0 Å². The van der Waals surface area contributed by atoms with Gasteiger partial charge in [-0.15, -0.1) is 0 Å². The number of benzene rings is 2. The number of rotatable bonds is 1. The number of hydrogen-bond acceptors (Lipinski definition) is 4. The van der Waals surface area contributed by atoms with Crippen molar-refractivity contribution in [3.05, 3.63) is 70.0 Å². The molecule has 0 aliphatic carbocycles. The Morgan fingerprint density at radius 1 is 0.840 bits per heavy atom. The molecule has 126 valence electrons. The Labute approximate surface area is 163 Å². The summed E-state index contributed by atoms with van der Waals surface area (Å²) in [6, 6.07) is 11.9. The third-order valence-corrected chi connectivity index (χ3v) is 4.81. The minimum absolute atomic E-state index is 0.645. The highest BCUT2D eigenvalue weighted by atomic mass is 79.9. The van der Waals surface area contributed by atoms with E-state index in [9.17, 15) is 0 Å². The molecule has 25 heavy (non-hydrogen) atoms. The molecule has 0 N–H and O–H groups in total. The van der Waals surface area contributed by atoms with E-state index in [1.54, 1.807) is 12.4 Å². The maximum absolute atomic E-state index is 5.94. The molecule has 0 radical (unpaired) electrons. The lowest BCUT2D eigenvalue weighted by Crippen LogP contribution is -1.85. The fraction of sp³-hybridized carbons (Fsp3) is 0.111. The second-order valence-corrected chi connectivity index (χ2v) is 6.77. The van der Waals surface area contributed by atoms with Gasteiger partial charge in [0.15, 0.2) is 0 Å². The van der Waals surface area contributed by atoms with E-state index in [-0.39, 0.29) is 0 Å². The van der Waals surface area contributed by atoms with Crippen molar-refractivity contribution in [3.8, 4) is 0 Å². The van der Waals surface area contributed by atoms with Crippen LogP contribution in [0.4, 0.5) is 0 Å². The minimum Gasteiger partial charge on any atom is -0.157 e. The summed E-state index contributed by atoms with van der Waals surface area (Å²) >= 11 is 15.2. The molecule has 0 unspecified atom stereocenters. The fourth-order valence-corrected chi connectivity index (χ4v) is 3.05. The topological polar surface area (TPSA) is 51.6 Å². The summed E-state index contributed by atoms with van der Waals surface area (Å²) < 4.78 is 0. The zero-order valence-electron chi connectivity index (χ0n) is 13.2. The second-order valence-electron chi connectivity index (χ2n) is 5.39. The molecule has 0 saturated heterocycles. The quantitative estimate of drug-likeness (QED) is 0.356. The van der Waals surface area contributed by atoms with E-state index in [4.69, 9.17) is 23.2 Å². The van der Waals surface area contributed by atoms with Crippen LogP contribution in [0.25, 0.3) is 21.8 Å². The molecule has 7 heteroatoms. The van der Waals surface area contributed by atoms with Gasteiger partial charge < -0.3 is 0 Å². The Balaban J connectivity index is 0.000000146. The summed E-state index contributed by atoms with van der Waals surface area (Å²) in [6.45, 7) is 2.02.